The zero-order chi connectivity index (χ0) is 14.4. The summed E-state index contributed by atoms with van der Waals surface area (Å²) in [5, 5.41) is 6.06. The van der Waals surface area contributed by atoms with E-state index in [1.165, 1.54) is 11.1 Å². The summed E-state index contributed by atoms with van der Waals surface area (Å²) in [6.45, 7) is 4.16. The Bertz CT molecular complexity index is 534. The Morgan fingerprint density at radius 3 is 2.70 bits per heavy atom. The van der Waals surface area contributed by atoms with Gasteiger partial charge in [-0.25, -0.2) is 4.98 Å². The first-order chi connectivity index (χ1) is 9.69. The molecule has 20 heavy (non-hydrogen) atoms. The maximum atomic E-state index is 12.0. The second-order valence-corrected chi connectivity index (χ2v) is 5.84. The Kier molecular flexibility index (Phi) is 5.30. The third kappa shape index (κ3) is 4.17. The second-order valence-electron chi connectivity index (χ2n) is 4.86. The van der Waals surface area contributed by atoms with Crippen molar-refractivity contribution in [3.63, 3.8) is 0 Å². The number of benzene rings is 1. The van der Waals surface area contributed by atoms with Crippen LogP contribution in [0.4, 0.5) is 0 Å². The summed E-state index contributed by atoms with van der Waals surface area (Å²) < 4.78 is 0. The summed E-state index contributed by atoms with van der Waals surface area (Å²) in [6.07, 6.45) is 3.88. The number of carbonyl (C=O) groups is 1. The van der Waals surface area contributed by atoms with Crippen molar-refractivity contribution in [1.82, 2.24) is 10.3 Å². The number of thiazole rings is 1. The fraction of sp³-hybridized carbons (Fsp3) is 0.375. The molecule has 0 saturated heterocycles. The van der Waals surface area contributed by atoms with E-state index in [1.807, 2.05) is 5.38 Å². The number of carbonyl (C=O) groups excluding carboxylic acids is 1. The summed E-state index contributed by atoms with van der Waals surface area (Å²) >= 11 is 1.60. The Hall–Kier alpha value is -1.68. The van der Waals surface area contributed by atoms with Crippen molar-refractivity contribution >= 4 is 17.2 Å². The molecule has 0 aliphatic carbocycles. The molecule has 1 atom stereocenters. The van der Waals surface area contributed by atoms with E-state index in [2.05, 4.69) is 48.4 Å². The van der Waals surface area contributed by atoms with Crippen molar-refractivity contribution in [3.8, 4) is 0 Å². The minimum Gasteiger partial charge on any atom is -0.349 e. The Morgan fingerprint density at radius 2 is 2.10 bits per heavy atom. The van der Waals surface area contributed by atoms with E-state index >= 15 is 0 Å². The highest BCUT2D eigenvalue weighted by molar-refractivity contribution is 7.09. The van der Waals surface area contributed by atoms with Crippen molar-refractivity contribution in [2.75, 3.05) is 0 Å². The molecule has 1 aromatic carbocycles. The summed E-state index contributed by atoms with van der Waals surface area (Å²) in [4.78, 5) is 16.2. The lowest BCUT2D eigenvalue weighted by Gasteiger charge is -2.17. The van der Waals surface area contributed by atoms with E-state index in [9.17, 15) is 4.79 Å². The van der Waals surface area contributed by atoms with Gasteiger partial charge in [-0.3, -0.25) is 4.79 Å². The summed E-state index contributed by atoms with van der Waals surface area (Å²) in [5.41, 5.74) is 2.40. The average molecular weight is 288 g/mol. The zero-order valence-electron chi connectivity index (χ0n) is 11.9. The van der Waals surface area contributed by atoms with Gasteiger partial charge in [-0.2, -0.15) is 0 Å². The van der Waals surface area contributed by atoms with E-state index < -0.39 is 0 Å². The molecular weight excluding hydrogens is 268 g/mol. The molecule has 0 aliphatic heterocycles. The van der Waals surface area contributed by atoms with Crippen molar-refractivity contribution in [1.29, 1.82) is 0 Å². The monoisotopic (exact) mass is 288 g/mol. The summed E-state index contributed by atoms with van der Waals surface area (Å²) in [6, 6.07) is 8.44. The maximum absolute atomic E-state index is 12.0. The zero-order valence-corrected chi connectivity index (χ0v) is 12.7. The predicted molar refractivity (Wildman–Crippen MR) is 82.8 cm³/mol. The predicted octanol–water partition coefficient (Wildman–Crippen LogP) is 3.65. The highest BCUT2D eigenvalue weighted by Gasteiger charge is 2.12. The van der Waals surface area contributed by atoms with Gasteiger partial charge in [0.25, 0.3) is 0 Å². The van der Waals surface area contributed by atoms with Crippen LogP contribution in [0.1, 0.15) is 41.9 Å². The van der Waals surface area contributed by atoms with Gasteiger partial charge in [-0.05, 0) is 18.9 Å². The van der Waals surface area contributed by atoms with E-state index in [1.54, 1.807) is 17.5 Å². The molecule has 2 rings (SSSR count). The summed E-state index contributed by atoms with van der Waals surface area (Å²) in [5.74, 6) is 0.0904. The highest BCUT2D eigenvalue weighted by Crippen LogP contribution is 2.17. The molecule has 106 valence electrons. The van der Waals surface area contributed by atoms with Crippen LogP contribution in [-0.2, 0) is 11.2 Å². The van der Waals surface area contributed by atoms with Crippen molar-refractivity contribution in [2.45, 2.75) is 39.2 Å². The van der Waals surface area contributed by atoms with Crippen LogP contribution in [0.25, 0.3) is 0 Å². The minimum absolute atomic E-state index is 0.0904. The van der Waals surface area contributed by atoms with E-state index in [0.717, 1.165) is 11.4 Å². The van der Waals surface area contributed by atoms with Gasteiger partial charge in [0.2, 0.25) is 5.91 Å². The molecule has 0 bridgehead atoms. The molecule has 0 fully saturated rings. The molecule has 0 saturated carbocycles. The number of hydrogen-bond donors (Lipinski definition) is 1. The van der Waals surface area contributed by atoms with Gasteiger partial charge in [0, 0.05) is 24.4 Å². The van der Waals surface area contributed by atoms with Gasteiger partial charge in [-0.15, -0.1) is 11.3 Å². The van der Waals surface area contributed by atoms with Crippen molar-refractivity contribution in [3.05, 3.63) is 52.0 Å². The van der Waals surface area contributed by atoms with Crippen molar-refractivity contribution in [2.24, 2.45) is 0 Å². The number of nitrogens with zero attached hydrogens (tertiary/aromatic N) is 1. The molecule has 1 aromatic heterocycles. The molecule has 0 radical (unpaired) electrons. The summed E-state index contributed by atoms with van der Waals surface area (Å²) in [7, 11) is 0. The van der Waals surface area contributed by atoms with Crippen LogP contribution in [0.5, 0.6) is 0 Å². The van der Waals surface area contributed by atoms with Crippen LogP contribution in [-0.4, -0.2) is 10.9 Å². The third-order valence-corrected chi connectivity index (χ3v) is 4.11. The quantitative estimate of drug-likeness (QED) is 0.881. The topological polar surface area (TPSA) is 42.0 Å². The van der Waals surface area contributed by atoms with Crippen LogP contribution in [0.15, 0.2) is 35.8 Å². The number of hydrogen-bond acceptors (Lipinski definition) is 3. The first-order valence-corrected chi connectivity index (χ1v) is 7.81. The van der Waals surface area contributed by atoms with Gasteiger partial charge in [0.05, 0.1) is 11.0 Å². The highest BCUT2D eigenvalue weighted by atomic mass is 32.1. The van der Waals surface area contributed by atoms with Crippen molar-refractivity contribution < 1.29 is 4.79 Å². The first-order valence-electron chi connectivity index (χ1n) is 6.93. The fourth-order valence-electron chi connectivity index (χ4n) is 2.08. The maximum Gasteiger partial charge on any atom is 0.220 e. The number of rotatable bonds is 6. The van der Waals surface area contributed by atoms with Crippen LogP contribution < -0.4 is 5.32 Å². The molecule has 4 heteroatoms. The number of aryl methyl sites for hydroxylation is 2. The lowest BCUT2D eigenvalue weighted by atomic mass is 10.0. The molecular formula is C16H20N2OS. The fourth-order valence-corrected chi connectivity index (χ4v) is 2.70. The molecule has 1 N–H and O–H groups in total. The van der Waals surface area contributed by atoms with Crippen LogP contribution >= 0.6 is 11.3 Å². The number of aromatic nitrogens is 1. The Labute approximate surface area is 124 Å². The van der Waals surface area contributed by atoms with E-state index in [-0.39, 0.29) is 11.9 Å². The van der Waals surface area contributed by atoms with Gasteiger partial charge >= 0.3 is 0 Å². The lowest BCUT2D eigenvalue weighted by molar-refractivity contribution is -0.121. The van der Waals surface area contributed by atoms with Gasteiger partial charge < -0.3 is 5.32 Å². The van der Waals surface area contributed by atoms with Crippen LogP contribution in [0, 0.1) is 6.92 Å². The normalized spacial score (nSPS) is 12.1. The first kappa shape index (κ1) is 14.7. The van der Waals surface area contributed by atoms with Gasteiger partial charge in [0.1, 0.15) is 0 Å². The van der Waals surface area contributed by atoms with Gasteiger partial charge in [0.15, 0.2) is 0 Å². The smallest absolute Gasteiger partial charge is 0.220 e. The SMILES string of the molecule is CC[C@H](NC(=O)CCc1nccs1)c1ccc(C)cc1. The molecule has 2 aromatic rings. The van der Waals surface area contributed by atoms with E-state index in [4.69, 9.17) is 0 Å². The Balaban J connectivity index is 1.89. The lowest BCUT2D eigenvalue weighted by Crippen LogP contribution is -2.28. The average Bonchev–Trinajstić information content (AvgIpc) is 2.97. The molecule has 1 amide bonds. The van der Waals surface area contributed by atoms with Crippen LogP contribution in [0.3, 0.4) is 0 Å². The molecule has 1 heterocycles. The second kappa shape index (κ2) is 7.20. The molecule has 3 nitrogen and oxygen atoms in total. The number of amides is 1. The standard InChI is InChI=1S/C16H20N2OS/c1-3-14(13-6-4-12(2)5-7-13)18-15(19)8-9-16-17-10-11-20-16/h4-7,10-11,14H,3,8-9H2,1-2H3,(H,18,19)/t14-/m0/s1. The Morgan fingerprint density at radius 1 is 1.35 bits per heavy atom. The molecule has 0 unspecified atom stereocenters. The van der Waals surface area contributed by atoms with E-state index in [0.29, 0.717) is 12.8 Å². The third-order valence-electron chi connectivity index (χ3n) is 3.27. The largest absolute Gasteiger partial charge is 0.349 e. The number of nitrogens with one attached hydrogen (secondary N) is 1. The molecule has 0 spiro atoms. The van der Waals surface area contributed by atoms with Gasteiger partial charge in [-0.1, -0.05) is 36.8 Å². The minimum atomic E-state index is 0.0904. The van der Waals surface area contributed by atoms with Crippen LogP contribution in [0.2, 0.25) is 0 Å². The molecule has 0 aliphatic rings.